The van der Waals surface area contributed by atoms with Gasteiger partial charge in [0.05, 0.1) is 27.7 Å². The third-order valence-electron chi connectivity index (χ3n) is 16.6. The molecule has 2 unspecified atom stereocenters. The summed E-state index contributed by atoms with van der Waals surface area (Å²) in [5.74, 6) is -0.843. The van der Waals surface area contributed by atoms with Crippen molar-refractivity contribution in [1.29, 1.82) is 0 Å². The van der Waals surface area contributed by atoms with Crippen LogP contribution in [-0.4, -0.2) is 70.0 Å². The van der Waals surface area contributed by atoms with E-state index in [-0.39, 0.29) is 32.0 Å². The highest BCUT2D eigenvalue weighted by Crippen LogP contribution is 2.38. The normalized spacial score (nSPS) is 13.4. The Morgan fingerprint density at radius 2 is 0.663 bits per heavy atom. The number of quaternary nitrogens is 1. The molecule has 0 aromatic rings. The van der Waals surface area contributed by atoms with Crippen molar-refractivity contribution >= 4 is 19.8 Å². The number of carbonyl (C=O) groups excluding carboxylic acids is 2. The first kappa shape index (κ1) is 83.7. The molecule has 0 amide bonds. The number of hydrogen-bond acceptors (Lipinski definition) is 8. The first-order valence-corrected chi connectivity index (χ1v) is 38.5. The topological polar surface area (TPSA) is 111 Å². The molecule has 0 bridgehead atoms. The van der Waals surface area contributed by atoms with Crippen LogP contribution in [0.4, 0.5) is 0 Å². The molecule has 0 saturated heterocycles. The molecular formula is C76H142NO8P. The lowest BCUT2D eigenvalue weighted by atomic mass is 10.0. The minimum absolute atomic E-state index is 0.0359. The predicted molar refractivity (Wildman–Crippen MR) is 370 cm³/mol. The zero-order valence-corrected chi connectivity index (χ0v) is 58.4. The van der Waals surface area contributed by atoms with Crippen molar-refractivity contribution in [3.05, 3.63) is 60.8 Å². The van der Waals surface area contributed by atoms with Crippen molar-refractivity contribution in [3.63, 3.8) is 0 Å². The highest BCUT2D eigenvalue weighted by atomic mass is 31.2. The second-order valence-corrected chi connectivity index (χ2v) is 27.7. The molecule has 0 aromatic heterocycles. The zero-order valence-electron chi connectivity index (χ0n) is 57.5. The first-order chi connectivity index (χ1) is 42.0. The second kappa shape index (κ2) is 67.1. The molecule has 9 nitrogen and oxygen atoms in total. The van der Waals surface area contributed by atoms with Crippen LogP contribution in [0.5, 0.6) is 0 Å². The first-order valence-electron chi connectivity index (χ1n) is 37.0. The van der Waals surface area contributed by atoms with Gasteiger partial charge < -0.3 is 27.9 Å². The van der Waals surface area contributed by atoms with Crippen molar-refractivity contribution < 1.29 is 42.1 Å². The lowest BCUT2D eigenvalue weighted by Crippen LogP contribution is -2.37. The third-order valence-corrected chi connectivity index (χ3v) is 17.5. The number of unbranched alkanes of at least 4 members (excludes halogenated alkanes) is 45. The lowest BCUT2D eigenvalue weighted by molar-refractivity contribution is -0.870. The van der Waals surface area contributed by atoms with Crippen LogP contribution in [-0.2, 0) is 32.7 Å². The van der Waals surface area contributed by atoms with Crippen molar-refractivity contribution in [1.82, 2.24) is 0 Å². The van der Waals surface area contributed by atoms with Crippen molar-refractivity contribution in [2.24, 2.45) is 0 Å². The number of phosphoric ester groups is 1. The van der Waals surface area contributed by atoms with Crippen LogP contribution in [0.25, 0.3) is 0 Å². The van der Waals surface area contributed by atoms with E-state index < -0.39 is 26.5 Å². The number of phosphoric acid groups is 1. The third kappa shape index (κ3) is 70.8. The van der Waals surface area contributed by atoms with Crippen LogP contribution in [0, 0.1) is 0 Å². The molecule has 0 radical (unpaired) electrons. The standard InChI is InChI=1S/C76H142NO8P/c1-6-8-10-12-14-16-18-20-22-24-26-28-29-30-31-32-33-34-35-36-37-38-39-40-41-42-43-44-45-46-47-49-50-52-54-56-58-60-62-64-66-68-75(78)82-72-74(73-84-86(80,81)83-71-70-77(3,4)5)85-76(79)69-67-65-63-61-59-57-55-53-51-48-27-25-23-21-19-17-15-13-11-9-7-2/h9,11,15,17,21,23,27,48,53,55,74H,6-8,10,12-14,16,18-20,22,24-26,28-47,49-52,54,56-73H2,1-5H3/b11-9-,17-15-,23-21-,48-27-,55-53-. The maximum Gasteiger partial charge on any atom is 0.306 e. The van der Waals surface area contributed by atoms with E-state index in [1.807, 2.05) is 21.1 Å². The second-order valence-electron chi connectivity index (χ2n) is 26.3. The number of rotatable bonds is 69. The fourth-order valence-electron chi connectivity index (χ4n) is 10.9. The monoisotopic (exact) mass is 1230 g/mol. The molecule has 0 fully saturated rings. The van der Waals surface area contributed by atoms with Crippen LogP contribution >= 0.6 is 7.82 Å². The maximum atomic E-state index is 12.8. The smallest absolute Gasteiger partial charge is 0.306 e. The van der Waals surface area contributed by atoms with Crippen LogP contribution in [0.15, 0.2) is 60.8 Å². The summed E-state index contributed by atoms with van der Waals surface area (Å²) >= 11 is 0. The zero-order chi connectivity index (χ0) is 62.6. The van der Waals surface area contributed by atoms with Gasteiger partial charge in [0.1, 0.15) is 19.8 Å². The van der Waals surface area contributed by atoms with Gasteiger partial charge in [-0.2, -0.15) is 0 Å². The minimum atomic E-state index is -4.65. The molecule has 0 saturated carbocycles. The van der Waals surface area contributed by atoms with Crippen LogP contribution < -0.4 is 4.89 Å². The SMILES string of the molecule is CC/C=C\C/C=C\C/C=C\C/C=C\C/C=C\CCCCCCCC(=O)OC(COC(=O)CCCCCCCCCCCCCCCCCCCCCCCCCCCCCCCCCCCCCCCCCCC)COP(=O)([O-])OCC[N+](C)(C)C. The summed E-state index contributed by atoms with van der Waals surface area (Å²) in [6.07, 6.45) is 89.2. The van der Waals surface area contributed by atoms with Gasteiger partial charge in [-0.15, -0.1) is 0 Å². The molecule has 0 aliphatic carbocycles. The van der Waals surface area contributed by atoms with E-state index in [2.05, 4.69) is 74.6 Å². The van der Waals surface area contributed by atoms with E-state index in [1.165, 1.54) is 244 Å². The number of esters is 2. The Kier molecular flexibility index (Phi) is 65.3. The van der Waals surface area contributed by atoms with Gasteiger partial charge in [0.25, 0.3) is 7.82 Å². The van der Waals surface area contributed by atoms with Gasteiger partial charge in [0.15, 0.2) is 6.10 Å². The van der Waals surface area contributed by atoms with Gasteiger partial charge in [0.2, 0.25) is 0 Å². The summed E-state index contributed by atoms with van der Waals surface area (Å²) in [7, 11) is 1.16. The van der Waals surface area contributed by atoms with Gasteiger partial charge >= 0.3 is 11.9 Å². The Balaban J connectivity index is 3.88. The molecule has 0 aliphatic heterocycles. The fourth-order valence-corrected chi connectivity index (χ4v) is 11.7. The molecule has 0 aliphatic rings. The predicted octanol–water partition coefficient (Wildman–Crippen LogP) is 23.5. The molecule has 2 atom stereocenters. The molecule has 0 heterocycles. The quantitative estimate of drug-likeness (QED) is 0.0195. The van der Waals surface area contributed by atoms with E-state index in [9.17, 15) is 19.0 Å². The van der Waals surface area contributed by atoms with E-state index in [0.717, 1.165) is 83.5 Å². The summed E-state index contributed by atoms with van der Waals surface area (Å²) in [6.45, 7) is 4.15. The highest BCUT2D eigenvalue weighted by molar-refractivity contribution is 7.45. The Labute approximate surface area is 534 Å². The van der Waals surface area contributed by atoms with Crippen molar-refractivity contribution in [3.8, 4) is 0 Å². The van der Waals surface area contributed by atoms with Crippen LogP contribution in [0.3, 0.4) is 0 Å². The Morgan fingerprint density at radius 3 is 0.988 bits per heavy atom. The van der Waals surface area contributed by atoms with Gasteiger partial charge in [-0.1, -0.05) is 351 Å². The van der Waals surface area contributed by atoms with Gasteiger partial charge in [0, 0.05) is 12.8 Å². The number of carbonyl (C=O) groups is 2. The minimum Gasteiger partial charge on any atom is -0.756 e. The van der Waals surface area contributed by atoms with Crippen molar-refractivity contribution in [2.75, 3.05) is 47.5 Å². The Hall–Kier alpha value is -2.29. The Morgan fingerprint density at radius 1 is 0.372 bits per heavy atom. The molecule has 0 N–H and O–H groups in total. The molecule has 10 heteroatoms. The summed E-state index contributed by atoms with van der Waals surface area (Å²) in [6, 6.07) is 0. The summed E-state index contributed by atoms with van der Waals surface area (Å²) in [5, 5.41) is 0. The van der Waals surface area contributed by atoms with E-state index in [1.54, 1.807) is 0 Å². The highest BCUT2D eigenvalue weighted by Gasteiger charge is 2.22. The van der Waals surface area contributed by atoms with Gasteiger partial charge in [-0.3, -0.25) is 14.2 Å². The lowest BCUT2D eigenvalue weighted by Gasteiger charge is -2.28. The summed E-state index contributed by atoms with van der Waals surface area (Å²) < 4.78 is 34.3. The average molecular weight is 1230 g/mol. The Bertz CT molecular complexity index is 1630. The van der Waals surface area contributed by atoms with E-state index >= 15 is 0 Å². The summed E-state index contributed by atoms with van der Waals surface area (Å²) in [4.78, 5) is 38.0. The molecule has 0 aromatic carbocycles. The number of allylic oxidation sites excluding steroid dienone is 10. The van der Waals surface area contributed by atoms with E-state index in [0.29, 0.717) is 17.4 Å². The van der Waals surface area contributed by atoms with Crippen molar-refractivity contribution in [2.45, 2.75) is 367 Å². The van der Waals surface area contributed by atoms with Crippen LogP contribution in [0.2, 0.25) is 0 Å². The number of ether oxygens (including phenoxy) is 2. The van der Waals surface area contributed by atoms with Gasteiger partial charge in [-0.25, -0.2) is 0 Å². The molecule has 0 rings (SSSR count). The molecule has 0 spiro atoms. The maximum absolute atomic E-state index is 12.8. The largest absolute Gasteiger partial charge is 0.756 e. The van der Waals surface area contributed by atoms with Crippen LogP contribution in [0.1, 0.15) is 361 Å². The average Bonchev–Trinajstić information content (AvgIpc) is 3.67. The number of nitrogens with zero attached hydrogens (tertiary/aromatic N) is 1. The summed E-state index contributed by atoms with van der Waals surface area (Å²) in [5.41, 5.74) is 0. The number of hydrogen-bond donors (Lipinski definition) is 0. The molecule has 504 valence electrons. The molecular weight excluding hydrogens is 1090 g/mol. The fraction of sp³-hybridized carbons (Fsp3) is 0.842. The van der Waals surface area contributed by atoms with E-state index in [4.69, 9.17) is 18.5 Å². The molecule has 86 heavy (non-hydrogen) atoms. The van der Waals surface area contributed by atoms with Gasteiger partial charge in [-0.05, 0) is 57.8 Å². The number of likely N-dealkylation sites (N-methyl/N-ethyl adjacent to an activating group) is 1.